The van der Waals surface area contributed by atoms with E-state index in [1.54, 1.807) is 0 Å². The van der Waals surface area contributed by atoms with Crippen molar-refractivity contribution in [2.45, 2.75) is 0 Å². The van der Waals surface area contributed by atoms with Crippen molar-refractivity contribution in [3.63, 3.8) is 0 Å². The fourth-order valence-electron chi connectivity index (χ4n) is 0.839. The summed E-state index contributed by atoms with van der Waals surface area (Å²) in [6.07, 6.45) is 0. The largest absolute Gasteiger partial charge is 0.508 e. The fourth-order valence-corrected chi connectivity index (χ4v) is 1.20. The second kappa shape index (κ2) is 3.72. The molecule has 0 aliphatic rings. The molecule has 0 unspecified atom stereocenters. The normalized spacial score (nSPS) is 11.0. The summed E-state index contributed by atoms with van der Waals surface area (Å²) in [5, 5.41) is 9.02. The molecule has 0 spiro atoms. The molecule has 0 aliphatic carbocycles. The minimum Gasteiger partial charge on any atom is -0.508 e. The topological polar surface area (TPSA) is 93.1 Å². The third-order valence-corrected chi connectivity index (χ3v) is 1.73. The SMILES string of the molecule is COc1cc(O)ccc1OS(=O)(=O)O. The maximum Gasteiger partial charge on any atom is 0.446 e. The molecule has 0 bridgehead atoms. The molecule has 1 aromatic rings. The Morgan fingerprint density at radius 2 is 1.93 bits per heavy atom. The molecule has 0 radical (unpaired) electrons. The summed E-state index contributed by atoms with van der Waals surface area (Å²) in [5.74, 6) is -0.306. The summed E-state index contributed by atoms with van der Waals surface area (Å²) < 4.78 is 38.0. The smallest absolute Gasteiger partial charge is 0.446 e. The first-order valence-corrected chi connectivity index (χ1v) is 4.83. The molecule has 1 aromatic carbocycles. The highest BCUT2D eigenvalue weighted by atomic mass is 32.3. The third kappa shape index (κ3) is 2.79. The first-order valence-electron chi connectivity index (χ1n) is 3.46. The van der Waals surface area contributed by atoms with Crippen LogP contribution in [0.5, 0.6) is 17.2 Å². The predicted molar refractivity (Wildman–Crippen MR) is 46.8 cm³/mol. The Hall–Kier alpha value is -1.47. The van der Waals surface area contributed by atoms with Crippen LogP contribution >= 0.6 is 0 Å². The lowest BCUT2D eigenvalue weighted by Crippen LogP contribution is -2.07. The number of benzene rings is 1. The van der Waals surface area contributed by atoms with Crippen molar-refractivity contribution in [2.24, 2.45) is 0 Å². The molecule has 0 atom stereocenters. The predicted octanol–water partition coefficient (Wildman–Crippen LogP) is 0.582. The molecule has 2 N–H and O–H groups in total. The van der Waals surface area contributed by atoms with Crippen molar-refractivity contribution >= 4 is 10.4 Å². The van der Waals surface area contributed by atoms with E-state index < -0.39 is 10.4 Å². The Morgan fingerprint density at radius 3 is 2.43 bits per heavy atom. The van der Waals surface area contributed by atoms with Crippen LogP contribution < -0.4 is 8.92 Å². The summed E-state index contributed by atoms with van der Waals surface area (Å²) in [6, 6.07) is 3.51. The number of ether oxygens (including phenoxy) is 1. The van der Waals surface area contributed by atoms with Gasteiger partial charge in [0.05, 0.1) is 7.11 Å². The van der Waals surface area contributed by atoms with Crippen LogP contribution in [0.1, 0.15) is 0 Å². The van der Waals surface area contributed by atoms with Gasteiger partial charge in [-0.3, -0.25) is 4.55 Å². The number of phenols is 1. The van der Waals surface area contributed by atoms with Gasteiger partial charge < -0.3 is 14.0 Å². The van der Waals surface area contributed by atoms with Crippen LogP contribution in [0.15, 0.2) is 18.2 Å². The van der Waals surface area contributed by atoms with E-state index in [0.29, 0.717) is 0 Å². The van der Waals surface area contributed by atoms with Crippen LogP contribution in [0.4, 0.5) is 0 Å². The second-order valence-electron chi connectivity index (χ2n) is 2.35. The van der Waals surface area contributed by atoms with E-state index in [1.807, 2.05) is 0 Å². The van der Waals surface area contributed by atoms with Gasteiger partial charge >= 0.3 is 10.4 Å². The van der Waals surface area contributed by atoms with Gasteiger partial charge in [-0.05, 0) is 12.1 Å². The molecule has 0 fully saturated rings. The highest BCUT2D eigenvalue weighted by Crippen LogP contribution is 2.31. The number of hydrogen-bond donors (Lipinski definition) is 2. The van der Waals surface area contributed by atoms with Crippen LogP contribution in [0.25, 0.3) is 0 Å². The fraction of sp³-hybridized carbons (Fsp3) is 0.143. The van der Waals surface area contributed by atoms with E-state index in [1.165, 1.54) is 13.2 Å². The third-order valence-electron chi connectivity index (χ3n) is 1.34. The first-order chi connectivity index (χ1) is 6.42. The Bertz CT molecular complexity index is 424. The van der Waals surface area contributed by atoms with Gasteiger partial charge in [0, 0.05) is 6.07 Å². The quantitative estimate of drug-likeness (QED) is 0.724. The molecule has 14 heavy (non-hydrogen) atoms. The van der Waals surface area contributed by atoms with E-state index in [2.05, 4.69) is 4.18 Å². The van der Waals surface area contributed by atoms with Gasteiger partial charge in [-0.15, -0.1) is 0 Å². The van der Waals surface area contributed by atoms with Gasteiger partial charge in [-0.1, -0.05) is 0 Å². The summed E-state index contributed by atoms with van der Waals surface area (Å²) in [6.45, 7) is 0. The Morgan fingerprint density at radius 1 is 1.29 bits per heavy atom. The zero-order valence-electron chi connectivity index (χ0n) is 7.17. The molecule has 0 amide bonds. The van der Waals surface area contributed by atoms with Gasteiger partial charge in [0.15, 0.2) is 11.5 Å². The van der Waals surface area contributed by atoms with Crippen molar-refractivity contribution in [1.82, 2.24) is 0 Å². The number of methoxy groups -OCH3 is 1. The molecule has 0 aromatic heterocycles. The summed E-state index contributed by atoms with van der Waals surface area (Å²) >= 11 is 0. The van der Waals surface area contributed by atoms with Crippen LogP contribution in [0.2, 0.25) is 0 Å². The van der Waals surface area contributed by atoms with Gasteiger partial charge in [0.1, 0.15) is 5.75 Å². The van der Waals surface area contributed by atoms with Crippen molar-refractivity contribution in [1.29, 1.82) is 0 Å². The molecule has 0 saturated carbocycles. The van der Waals surface area contributed by atoms with Gasteiger partial charge in [-0.2, -0.15) is 8.42 Å². The van der Waals surface area contributed by atoms with E-state index >= 15 is 0 Å². The first kappa shape index (κ1) is 10.6. The van der Waals surface area contributed by atoms with Crippen LogP contribution in [-0.2, 0) is 10.4 Å². The van der Waals surface area contributed by atoms with E-state index in [0.717, 1.165) is 12.1 Å². The molecular weight excluding hydrogens is 212 g/mol. The monoisotopic (exact) mass is 220 g/mol. The van der Waals surface area contributed by atoms with Crippen LogP contribution in [0.3, 0.4) is 0 Å². The molecule has 7 heteroatoms. The maximum atomic E-state index is 10.4. The zero-order chi connectivity index (χ0) is 10.8. The van der Waals surface area contributed by atoms with Crippen LogP contribution in [-0.4, -0.2) is 25.2 Å². The number of hydrogen-bond acceptors (Lipinski definition) is 5. The number of aromatic hydroxyl groups is 1. The molecule has 6 nitrogen and oxygen atoms in total. The van der Waals surface area contributed by atoms with Crippen molar-refractivity contribution in [3.05, 3.63) is 18.2 Å². The molecule has 0 aliphatic heterocycles. The average Bonchev–Trinajstić information content (AvgIpc) is 2.06. The second-order valence-corrected chi connectivity index (χ2v) is 3.37. The van der Waals surface area contributed by atoms with Gasteiger partial charge in [0.2, 0.25) is 0 Å². The zero-order valence-corrected chi connectivity index (χ0v) is 7.98. The van der Waals surface area contributed by atoms with E-state index in [-0.39, 0.29) is 17.2 Å². The van der Waals surface area contributed by atoms with Crippen molar-refractivity contribution in [2.75, 3.05) is 7.11 Å². The van der Waals surface area contributed by atoms with E-state index in [9.17, 15) is 8.42 Å². The lowest BCUT2D eigenvalue weighted by atomic mass is 10.3. The summed E-state index contributed by atoms with van der Waals surface area (Å²) in [4.78, 5) is 0. The minimum atomic E-state index is -4.58. The summed E-state index contributed by atoms with van der Waals surface area (Å²) in [5.41, 5.74) is 0. The molecule has 0 heterocycles. The Labute approximate surface area is 80.7 Å². The Balaban J connectivity index is 3.09. The molecule has 0 saturated heterocycles. The molecule has 1 rings (SSSR count). The van der Waals surface area contributed by atoms with Gasteiger partial charge in [0.25, 0.3) is 0 Å². The lowest BCUT2D eigenvalue weighted by Gasteiger charge is -2.07. The molecule has 78 valence electrons. The average molecular weight is 220 g/mol. The maximum absolute atomic E-state index is 10.4. The van der Waals surface area contributed by atoms with Crippen LogP contribution in [0, 0.1) is 0 Å². The molecular formula is C7H8O6S. The highest BCUT2D eigenvalue weighted by molar-refractivity contribution is 7.81. The minimum absolute atomic E-state index is 0.00243. The lowest BCUT2D eigenvalue weighted by molar-refractivity contribution is 0.357. The van der Waals surface area contributed by atoms with Crippen molar-refractivity contribution in [3.8, 4) is 17.2 Å². The van der Waals surface area contributed by atoms with Crippen molar-refractivity contribution < 1.29 is 27.0 Å². The van der Waals surface area contributed by atoms with E-state index in [4.69, 9.17) is 14.4 Å². The highest BCUT2D eigenvalue weighted by Gasteiger charge is 2.12. The number of phenolic OH excluding ortho intramolecular Hbond substituents is 1. The summed E-state index contributed by atoms with van der Waals surface area (Å²) in [7, 11) is -3.31. The van der Waals surface area contributed by atoms with Gasteiger partial charge in [-0.25, -0.2) is 0 Å². The standard InChI is InChI=1S/C7H8O6S/c1-12-7-4-5(8)2-3-6(7)13-14(9,10)11/h2-4,8H,1H3,(H,9,10,11). The Kier molecular flexibility index (Phi) is 2.82. The number of rotatable bonds is 3.